The van der Waals surface area contributed by atoms with Crippen molar-refractivity contribution >= 4 is 27.5 Å². The molecule has 3 nitrogen and oxygen atoms in total. The molecule has 2 N–H and O–H groups in total. The van der Waals surface area contributed by atoms with Crippen LogP contribution in [0.4, 0.5) is 5.69 Å². The number of anilines is 1. The number of halogens is 1. The monoisotopic (exact) mass is 298 g/mol. The molecule has 0 aliphatic rings. The molecule has 1 rings (SSSR count). The molecule has 1 aromatic rings. The van der Waals surface area contributed by atoms with Crippen LogP contribution in [0.3, 0.4) is 0 Å². The lowest BCUT2D eigenvalue weighted by Crippen LogP contribution is -2.37. The molecule has 0 aliphatic carbocycles. The van der Waals surface area contributed by atoms with Gasteiger partial charge in [-0.1, -0.05) is 35.8 Å². The van der Waals surface area contributed by atoms with Gasteiger partial charge in [0.15, 0.2) is 0 Å². The average Bonchev–Trinajstić information content (AvgIpc) is 2.25. The quantitative estimate of drug-likeness (QED) is 0.877. The van der Waals surface area contributed by atoms with E-state index >= 15 is 0 Å². The molecule has 1 atom stereocenters. The second-order valence-corrected chi connectivity index (χ2v) is 5.39. The maximum Gasteiger partial charge on any atom is 0.238 e. The zero-order valence-corrected chi connectivity index (χ0v) is 12.0. The van der Waals surface area contributed by atoms with Gasteiger partial charge in [-0.05, 0) is 31.0 Å². The number of hydrogen-bond acceptors (Lipinski definition) is 2. The van der Waals surface area contributed by atoms with E-state index in [1.807, 2.05) is 24.3 Å². The van der Waals surface area contributed by atoms with Crippen molar-refractivity contribution in [2.24, 2.45) is 5.92 Å². The molecule has 0 saturated heterocycles. The average molecular weight is 299 g/mol. The zero-order valence-electron chi connectivity index (χ0n) is 10.5. The van der Waals surface area contributed by atoms with E-state index in [-0.39, 0.29) is 5.91 Å². The van der Waals surface area contributed by atoms with Crippen molar-refractivity contribution < 1.29 is 4.79 Å². The molecule has 0 spiro atoms. The SMILES string of the molecule is CC(C)C(C)NCC(=O)Nc1cccc(Br)c1. The summed E-state index contributed by atoms with van der Waals surface area (Å²) in [5.41, 5.74) is 0.809. The minimum absolute atomic E-state index is 0.0180. The van der Waals surface area contributed by atoms with Crippen LogP contribution in [0.1, 0.15) is 20.8 Å². The third kappa shape index (κ3) is 5.33. The highest BCUT2D eigenvalue weighted by atomic mass is 79.9. The fourth-order valence-electron chi connectivity index (χ4n) is 1.26. The highest BCUT2D eigenvalue weighted by Gasteiger charge is 2.08. The molecule has 0 aliphatic heterocycles. The molecular formula is C13H19BrN2O. The third-order valence-corrected chi connectivity index (χ3v) is 3.19. The Morgan fingerprint density at radius 3 is 2.65 bits per heavy atom. The van der Waals surface area contributed by atoms with Gasteiger partial charge in [-0.2, -0.15) is 0 Å². The van der Waals surface area contributed by atoms with Gasteiger partial charge in [0.05, 0.1) is 6.54 Å². The van der Waals surface area contributed by atoms with Crippen molar-refractivity contribution in [3.05, 3.63) is 28.7 Å². The summed E-state index contributed by atoms with van der Waals surface area (Å²) < 4.78 is 0.957. The summed E-state index contributed by atoms with van der Waals surface area (Å²) in [7, 11) is 0. The zero-order chi connectivity index (χ0) is 12.8. The van der Waals surface area contributed by atoms with Crippen LogP contribution in [0.15, 0.2) is 28.7 Å². The third-order valence-electron chi connectivity index (χ3n) is 2.69. The van der Waals surface area contributed by atoms with Gasteiger partial charge < -0.3 is 10.6 Å². The summed E-state index contributed by atoms with van der Waals surface area (Å²) in [5.74, 6) is 0.504. The van der Waals surface area contributed by atoms with Gasteiger partial charge in [-0.3, -0.25) is 4.79 Å². The van der Waals surface area contributed by atoms with Gasteiger partial charge in [-0.25, -0.2) is 0 Å². The van der Waals surface area contributed by atoms with Gasteiger partial charge in [0.2, 0.25) is 5.91 Å². The van der Waals surface area contributed by atoms with Gasteiger partial charge in [0.1, 0.15) is 0 Å². The Kier molecular flexibility index (Phi) is 5.65. The summed E-state index contributed by atoms with van der Waals surface area (Å²) >= 11 is 3.37. The number of benzene rings is 1. The highest BCUT2D eigenvalue weighted by molar-refractivity contribution is 9.10. The Labute approximate surface area is 111 Å². The summed E-state index contributed by atoms with van der Waals surface area (Å²) in [6.07, 6.45) is 0. The van der Waals surface area contributed by atoms with Gasteiger partial charge >= 0.3 is 0 Å². The Morgan fingerprint density at radius 2 is 2.06 bits per heavy atom. The molecule has 0 fully saturated rings. The number of carbonyl (C=O) groups is 1. The first-order chi connectivity index (χ1) is 7.99. The Hall–Kier alpha value is -0.870. The largest absolute Gasteiger partial charge is 0.325 e. The Balaban J connectivity index is 2.40. The molecule has 0 saturated carbocycles. The minimum atomic E-state index is -0.0180. The summed E-state index contributed by atoms with van der Waals surface area (Å²) in [5, 5.41) is 6.04. The van der Waals surface area contributed by atoms with Crippen molar-refractivity contribution in [1.82, 2.24) is 5.32 Å². The van der Waals surface area contributed by atoms with Gasteiger partial charge in [0.25, 0.3) is 0 Å². The lowest BCUT2D eigenvalue weighted by atomic mass is 10.1. The Morgan fingerprint density at radius 1 is 1.35 bits per heavy atom. The minimum Gasteiger partial charge on any atom is -0.325 e. The summed E-state index contributed by atoms with van der Waals surface area (Å²) in [6, 6.07) is 7.90. The first kappa shape index (κ1) is 14.2. The molecule has 1 unspecified atom stereocenters. The summed E-state index contributed by atoms with van der Waals surface area (Å²) in [6.45, 7) is 6.68. The highest BCUT2D eigenvalue weighted by Crippen LogP contribution is 2.15. The predicted molar refractivity (Wildman–Crippen MR) is 75.1 cm³/mol. The molecule has 0 bridgehead atoms. The van der Waals surface area contributed by atoms with Gasteiger partial charge in [0, 0.05) is 16.2 Å². The number of amides is 1. The van der Waals surface area contributed by atoms with Gasteiger partial charge in [-0.15, -0.1) is 0 Å². The van der Waals surface area contributed by atoms with E-state index in [0.29, 0.717) is 18.5 Å². The van der Waals surface area contributed by atoms with E-state index in [4.69, 9.17) is 0 Å². The van der Waals surface area contributed by atoms with E-state index in [9.17, 15) is 4.79 Å². The maximum absolute atomic E-state index is 11.7. The van der Waals surface area contributed by atoms with Crippen LogP contribution >= 0.6 is 15.9 Å². The van der Waals surface area contributed by atoms with Crippen LogP contribution < -0.4 is 10.6 Å². The van der Waals surface area contributed by atoms with Crippen molar-refractivity contribution in [3.8, 4) is 0 Å². The van der Waals surface area contributed by atoms with Crippen LogP contribution in [0.25, 0.3) is 0 Å². The maximum atomic E-state index is 11.7. The van der Waals surface area contributed by atoms with Crippen molar-refractivity contribution in [2.75, 3.05) is 11.9 Å². The molecular weight excluding hydrogens is 280 g/mol. The van der Waals surface area contributed by atoms with Crippen LogP contribution in [0.5, 0.6) is 0 Å². The van der Waals surface area contributed by atoms with Crippen molar-refractivity contribution in [2.45, 2.75) is 26.8 Å². The molecule has 0 radical (unpaired) electrons. The summed E-state index contributed by atoms with van der Waals surface area (Å²) in [4.78, 5) is 11.7. The molecule has 0 heterocycles. The fourth-order valence-corrected chi connectivity index (χ4v) is 1.66. The van der Waals surface area contributed by atoms with E-state index < -0.39 is 0 Å². The number of carbonyl (C=O) groups excluding carboxylic acids is 1. The van der Waals surface area contributed by atoms with Crippen LogP contribution in [0, 0.1) is 5.92 Å². The van der Waals surface area contributed by atoms with Crippen LogP contribution in [0.2, 0.25) is 0 Å². The number of hydrogen-bond donors (Lipinski definition) is 2. The lowest BCUT2D eigenvalue weighted by Gasteiger charge is -2.17. The number of nitrogens with one attached hydrogen (secondary N) is 2. The molecule has 0 aromatic heterocycles. The van der Waals surface area contributed by atoms with Crippen molar-refractivity contribution in [1.29, 1.82) is 0 Å². The second kappa shape index (κ2) is 6.77. The standard InChI is InChI=1S/C13H19BrN2O/c1-9(2)10(3)15-8-13(17)16-12-6-4-5-11(14)7-12/h4-7,9-10,15H,8H2,1-3H3,(H,16,17). The first-order valence-electron chi connectivity index (χ1n) is 5.78. The van der Waals surface area contributed by atoms with E-state index in [1.54, 1.807) is 0 Å². The smallest absolute Gasteiger partial charge is 0.238 e. The number of rotatable bonds is 5. The van der Waals surface area contributed by atoms with E-state index in [2.05, 4.69) is 47.3 Å². The molecule has 94 valence electrons. The Bertz CT molecular complexity index is 379. The van der Waals surface area contributed by atoms with E-state index in [1.165, 1.54) is 0 Å². The second-order valence-electron chi connectivity index (χ2n) is 4.47. The molecule has 1 aromatic carbocycles. The normalized spacial score (nSPS) is 12.5. The van der Waals surface area contributed by atoms with E-state index in [0.717, 1.165) is 10.2 Å². The van der Waals surface area contributed by atoms with Crippen LogP contribution in [-0.2, 0) is 4.79 Å². The first-order valence-corrected chi connectivity index (χ1v) is 6.57. The topological polar surface area (TPSA) is 41.1 Å². The molecule has 1 amide bonds. The molecule has 4 heteroatoms. The molecule has 17 heavy (non-hydrogen) atoms. The van der Waals surface area contributed by atoms with Crippen molar-refractivity contribution in [3.63, 3.8) is 0 Å². The van der Waals surface area contributed by atoms with Crippen LogP contribution in [-0.4, -0.2) is 18.5 Å². The fraction of sp³-hybridized carbons (Fsp3) is 0.462. The predicted octanol–water partition coefficient (Wildman–Crippen LogP) is 3.02. The lowest BCUT2D eigenvalue weighted by molar-refractivity contribution is -0.115.